The van der Waals surface area contributed by atoms with E-state index in [1.807, 2.05) is 17.5 Å². The van der Waals surface area contributed by atoms with E-state index in [4.69, 9.17) is 0 Å². The van der Waals surface area contributed by atoms with Gasteiger partial charge >= 0.3 is 0 Å². The number of amides is 2. The summed E-state index contributed by atoms with van der Waals surface area (Å²) in [6, 6.07) is 17.1. The molecule has 0 bridgehead atoms. The Kier molecular flexibility index (Phi) is 6.94. The van der Waals surface area contributed by atoms with Gasteiger partial charge in [-0.05, 0) is 47.9 Å². The summed E-state index contributed by atoms with van der Waals surface area (Å²) >= 11 is 4.74. The quantitative estimate of drug-likeness (QED) is 0.287. The standard InChI is InChI=1S/C21H16BrN3O3S/c22-16-8-9-19(26)15(11-16)13-23-25-21(28)18(12-17-7-4-10-29-17)24-20(27)14-5-2-1-3-6-14/h1-13,26H,(H,24,27)(H,25,28). The van der Waals surface area contributed by atoms with Crippen molar-refractivity contribution in [1.82, 2.24) is 10.7 Å². The minimum atomic E-state index is -0.589. The summed E-state index contributed by atoms with van der Waals surface area (Å²) in [5, 5.41) is 18.2. The van der Waals surface area contributed by atoms with Crippen LogP contribution in [0.15, 0.2) is 81.3 Å². The second kappa shape index (κ2) is 9.81. The molecule has 0 saturated carbocycles. The van der Waals surface area contributed by atoms with E-state index in [0.717, 1.165) is 9.35 Å². The Balaban J connectivity index is 1.77. The van der Waals surface area contributed by atoms with Gasteiger partial charge in [-0.3, -0.25) is 9.59 Å². The van der Waals surface area contributed by atoms with Gasteiger partial charge in [0.05, 0.1) is 6.21 Å². The van der Waals surface area contributed by atoms with Gasteiger partial charge < -0.3 is 10.4 Å². The van der Waals surface area contributed by atoms with Gasteiger partial charge in [0, 0.05) is 20.5 Å². The summed E-state index contributed by atoms with van der Waals surface area (Å²) in [5.41, 5.74) is 3.28. The normalized spacial score (nSPS) is 11.4. The van der Waals surface area contributed by atoms with Crippen molar-refractivity contribution in [3.8, 4) is 5.75 Å². The first-order valence-electron chi connectivity index (χ1n) is 8.46. The molecule has 3 aromatic rings. The molecule has 0 atom stereocenters. The van der Waals surface area contributed by atoms with Gasteiger partial charge in [0.25, 0.3) is 11.8 Å². The van der Waals surface area contributed by atoms with Gasteiger partial charge in [0.2, 0.25) is 0 Å². The zero-order chi connectivity index (χ0) is 20.6. The van der Waals surface area contributed by atoms with E-state index >= 15 is 0 Å². The molecule has 2 amide bonds. The summed E-state index contributed by atoms with van der Waals surface area (Å²) in [6.07, 6.45) is 2.90. The molecule has 0 fully saturated rings. The van der Waals surface area contributed by atoms with Gasteiger partial charge in [0.1, 0.15) is 11.4 Å². The lowest BCUT2D eigenvalue weighted by Crippen LogP contribution is -2.32. The molecule has 0 unspecified atom stereocenters. The van der Waals surface area contributed by atoms with E-state index in [1.165, 1.54) is 23.6 Å². The Morgan fingerprint density at radius 1 is 1.07 bits per heavy atom. The van der Waals surface area contributed by atoms with Gasteiger partial charge in [-0.15, -0.1) is 11.3 Å². The number of nitrogens with one attached hydrogen (secondary N) is 2. The second-order valence-electron chi connectivity index (χ2n) is 5.80. The number of hydrogen-bond acceptors (Lipinski definition) is 5. The smallest absolute Gasteiger partial charge is 0.287 e. The third-order valence-corrected chi connectivity index (χ3v) is 5.03. The van der Waals surface area contributed by atoms with Crippen molar-refractivity contribution in [2.45, 2.75) is 0 Å². The molecular formula is C21H16BrN3O3S. The van der Waals surface area contributed by atoms with E-state index in [1.54, 1.807) is 48.5 Å². The van der Waals surface area contributed by atoms with Crippen LogP contribution in [-0.4, -0.2) is 23.1 Å². The van der Waals surface area contributed by atoms with Crippen molar-refractivity contribution >= 4 is 51.4 Å². The molecule has 8 heteroatoms. The molecular weight excluding hydrogens is 454 g/mol. The Bertz CT molecular complexity index is 1060. The number of phenolic OH excluding ortho intramolecular Hbond substituents is 1. The van der Waals surface area contributed by atoms with Gasteiger partial charge in [-0.25, -0.2) is 5.43 Å². The van der Waals surface area contributed by atoms with Crippen molar-refractivity contribution in [2.24, 2.45) is 5.10 Å². The van der Waals surface area contributed by atoms with E-state index in [0.29, 0.717) is 11.1 Å². The van der Waals surface area contributed by atoms with E-state index in [2.05, 4.69) is 31.8 Å². The lowest BCUT2D eigenvalue weighted by atomic mass is 10.2. The summed E-state index contributed by atoms with van der Waals surface area (Å²) in [5.74, 6) is -0.969. The largest absolute Gasteiger partial charge is 0.507 e. The average Bonchev–Trinajstić information content (AvgIpc) is 3.23. The molecule has 2 aromatic carbocycles. The van der Waals surface area contributed by atoms with Crippen LogP contribution in [0.5, 0.6) is 5.75 Å². The van der Waals surface area contributed by atoms with Crippen molar-refractivity contribution in [3.63, 3.8) is 0 Å². The van der Waals surface area contributed by atoms with Crippen molar-refractivity contribution in [2.75, 3.05) is 0 Å². The average molecular weight is 470 g/mol. The summed E-state index contributed by atoms with van der Waals surface area (Å²) in [7, 11) is 0. The number of hydrogen-bond donors (Lipinski definition) is 3. The summed E-state index contributed by atoms with van der Waals surface area (Å²) < 4.78 is 0.761. The number of halogens is 1. The fourth-order valence-corrected chi connectivity index (χ4v) is 3.34. The molecule has 6 nitrogen and oxygen atoms in total. The fourth-order valence-electron chi connectivity index (χ4n) is 2.31. The van der Waals surface area contributed by atoms with Crippen LogP contribution in [0, 0.1) is 0 Å². The first-order valence-corrected chi connectivity index (χ1v) is 10.1. The first-order chi connectivity index (χ1) is 14.0. The van der Waals surface area contributed by atoms with Crippen molar-refractivity contribution in [1.29, 1.82) is 0 Å². The maximum Gasteiger partial charge on any atom is 0.287 e. The highest BCUT2D eigenvalue weighted by Gasteiger charge is 2.14. The Morgan fingerprint density at radius 3 is 2.59 bits per heavy atom. The summed E-state index contributed by atoms with van der Waals surface area (Å²) in [6.45, 7) is 0. The number of aromatic hydroxyl groups is 1. The molecule has 146 valence electrons. The first kappa shape index (κ1) is 20.5. The SMILES string of the molecule is O=C(NN=Cc1cc(Br)ccc1O)C(=Cc1cccs1)NC(=O)c1ccccc1. The zero-order valence-electron chi connectivity index (χ0n) is 15.0. The third kappa shape index (κ3) is 5.87. The molecule has 0 aliphatic heterocycles. The Hall–Kier alpha value is -3.23. The van der Waals surface area contributed by atoms with Gasteiger partial charge in [-0.1, -0.05) is 40.2 Å². The topological polar surface area (TPSA) is 90.8 Å². The number of carbonyl (C=O) groups is 2. The predicted octanol–water partition coefficient (Wildman–Crippen LogP) is 4.14. The minimum Gasteiger partial charge on any atom is -0.507 e. The number of phenols is 1. The van der Waals surface area contributed by atoms with Gasteiger partial charge in [0.15, 0.2) is 0 Å². The molecule has 1 heterocycles. The maximum absolute atomic E-state index is 12.6. The van der Waals surface area contributed by atoms with E-state index in [-0.39, 0.29) is 11.4 Å². The van der Waals surface area contributed by atoms with Crippen LogP contribution in [0.2, 0.25) is 0 Å². The van der Waals surface area contributed by atoms with Crippen LogP contribution < -0.4 is 10.7 Å². The maximum atomic E-state index is 12.6. The summed E-state index contributed by atoms with van der Waals surface area (Å²) in [4.78, 5) is 25.9. The molecule has 1 aromatic heterocycles. The predicted molar refractivity (Wildman–Crippen MR) is 118 cm³/mol. The fraction of sp³-hybridized carbons (Fsp3) is 0. The van der Waals surface area contributed by atoms with Crippen LogP contribution in [0.3, 0.4) is 0 Å². The zero-order valence-corrected chi connectivity index (χ0v) is 17.4. The number of thiophene rings is 1. The van der Waals surface area contributed by atoms with Crippen LogP contribution >= 0.6 is 27.3 Å². The molecule has 0 aliphatic carbocycles. The van der Waals surface area contributed by atoms with Crippen molar-refractivity contribution in [3.05, 3.63) is 92.2 Å². The highest BCUT2D eigenvalue weighted by atomic mass is 79.9. The monoisotopic (exact) mass is 469 g/mol. The van der Waals surface area contributed by atoms with Crippen LogP contribution in [-0.2, 0) is 4.79 Å². The van der Waals surface area contributed by atoms with Crippen LogP contribution in [0.25, 0.3) is 6.08 Å². The molecule has 0 saturated heterocycles. The van der Waals surface area contributed by atoms with Gasteiger partial charge in [-0.2, -0.15) is 5.10 Å². The second-order valence-corrected chi connectivity index (χ2v) is 7.69. The lowest BCUT2D eigenvalue weighted by molar-refractivity contribution is -0.117. The number of nitrogens with zero attached hydrogens (tertiary/aromatic N) is 1. The van der Waals surface area contributed by atoms with Crippen LogP contribution in [0.1, 0.15) is 20.8 Å². The molecule has 29 heavy (non-hydrogen) atoms. The van der Waals surface area contributed by atoms with E-state index in [9.17, 15) is 14.7 Å². The highest BCUT2D eigenvalue weighted by Crippen LogP contribution is 2.20. The molecule has 3 N–H and O–H groups in total. The molecule has 0 spiro atoms. The Labute approximate surface area is 179 Å². The van der Waals surface area contributed by atoms with Crippen LogP contribution in [0.4, 0.5) is 0 Å². The van der Waals surface area contributed by atoms with Crippen molar-refractivity contribution < 1.29 is 14.7 Å². The molecule has 0 aliphatic rings. The Morgan fingerprint density at radius 2 is 1.86 bits per heavy atom. The molecule has 0 radical (unpaired) electrons. The minimum absolute atomic E-state index is 0.0259. The number of rotatable bonds is 6. The number of benzene rings is 2. The number of hydrazone groups is 1. The molecule has 3 rings (SSSR count). The lowest BCUT2D eigenvalue weighted by Gasteiger charge is -2.08. The third-order valence-electron chi connectivity index (χ3n) is 3.72. The number of carbonyl (C=O) groups excluding carboxylic acids is 2. The van der Waals surface area contributed by atoms with E-state index < -0.39 is 11.8 Å². The highest BCUT2D eigenvalue weighted by molar-refractivity contribution is 9.10.